The Hall–Kier alpha value is -2.08. The van der Waals surface area contributed by atoms with E-state index in [4.69, 9.17) is 4.74 Å². The van der Waals surface area contributed by atoms with Crippen LogP contribution < -0.4 is 20.7 Å². The molecule has 6 nitrogen and oxygen atoms in total. The van der Waals surface area contributed by atoms with Crippen molar-refractivity contribution in [2.45, 2.75) is 45.4 Å². The highest BCUT2D eigenvalue weighted by molar-refractivity contribution is 5.97. The van der Waals surface area contributed by atoms with Gasteiger partial charge in [0.1, 0.15) is 5.75 Å². The molecule has 0 aromatic heterocycles. The van der Waals surface area contributed by atoms with Crippen LogP contribution in [0.3, 0.4) is 0 Å². The van der Waals surface area contributed by atoms with Gasteiger partial charge in [-0.2, -0.15) is 0 Å². The molecule has 148 valence electrons. The van der Waals surface area contributed by atoms with Crippen molar-refractivity contribution in [1.82, 2.24) is 16.0 Å². The smallest absolute Gasteiger partial charge is 0.255 e. The first-order valence-corrected chi connectivity index (χ1v) is 10.1. The van der Waals surface area contributed by atoms with Crippen LogP contribution in [0.25, 0.3) is 0 Å². The number of piperidine rings is 1. The van der Waals surface area contributed by atoms with E-state index < -0.39 is 0 Å². The number of carbonyl (C=O) groups excluding carboxylic acids is 2. The first kappa shape index (κ1) is 19.7. The zero-order valence-corrected chi connectivity index (χ0v) is 16.2. The Kier molecular flexibility index (Phi) is 6.72. The van der Waals surface area contributed by atoms with Crippen LogP contribution in [0, 0.1) is 12.3 Å². The summed E-state index contributed by atoms with van der Waals surface area (Å²) in [6.07, 6.45) is 5.16. The lowest BCUT2D eigenvalue weighted by molar-refractivity contribution is -0.133. The predicted molar refractivity (Wildman–Crippen MR) is 105 cm³/mol. The summed E-state index contributed by atoms with van der Waals surface area (Å²) in [4.78, 5) is 25.4. The molecule has 0 bridgehead atoms. The van der Waals surface area contributed by atoms with E-state index in [9.17, 15) is 9.59 Å². The Morgan fingerprint density at radius 1 is 0.926 bits per heavy atom. The molecular weight excluding hydrogens is 342 g/mol. The first-order chi connectivity index (χ1) is 13.1. The van der Waals surface area contributed by atoms with Crippen LogP contribution in [0.5, 0.6) is 5.75 Å². The van der Waals surface area contributed by atoms with Crippen molar-refractivity contribution in [3.05, 3.63) is 29.3 Å². The van der Waals surface area contributed by atoms with Gasteiger partial charge in [0.25, 0.3) is 5.91 Å². The number of hydrogen-bond donors (Lipinski definition) is 3. The lowest BCUT2D eigenvalue weighted by atomic mass is 9.74. The average Bonchev–Trinajstić information content (AvgIpc) is 2.67. The fraction of sp³-hybridized carbons (Fsp3) is 0.619. The Morgan fingerprint density at radius 3 is 2.52 bits per heavy atom. The monoisotopic (exact) mass is 373 g/mol. The quantitative estimate of drug-likeness (QED) is 0.651. The van der Waals surface area contributed by atoms with Crippen LogP contribution >= 0.6 is 0 Å². The summed E-state index contributed by atoms with van der Waals surface area (Å²) in [5.74, 6) is 0.702. The maximum atomic E-state index is 12.9. The van der Waals surface area contributed by atoms with E-state index >= 15 is 0 Å². The van der Waals surface area contributed by atoms with Crippen molar-refractivity contribution in [2.75, 3.05) is 32.8 Å². The third-order valence-corrected chi connectivity index (χ3v) is 5.66. The Balaban J connectivity index is 1.70. The van der Waals surface area contributed by atoms with E-state index in [-0.39, 0.29) is 17.2 Å². The fourth-order valence-electron chi connectivity index (χ4n) is 3.96. The molecule has 1 fully saturated rings. The molecule has 2 aliphatic heterocycles. The second kappa shape index (κ2) is 9.22. The third-order valence-electron chi connectivity index (χ3n) is 5.66. The highest BCUT2D eigenvalue weighted by Gasteiger charge is 2.38. The summed E-state index contributed by atoms with van der Waals surface area (Å²) in [5, 5.41) is 9.48. The van der Waals surface area contributed by atoms with Crippen LogP contribution in [0.4, 0.5) is 0 Å². The minimum Gasteiger partial charge on any atom is -0.493 e. The van der Waals surface area contributed by atoms with E-state index in [1.807, 2.05) is 25.1 Å². The summed E-state index contributed by atoms with van der Waals surface area (Å²) in [6, 6.07) is 5.65. The van der Waals surface area contributed by atoms with Gasteiger partial charge in [0.2, 0.25) is 5.91 Å². The van der Waals surface area contributed by atoms with Crippen molar-refractivity contribution in [2.24, 2.45) is 5.41 Å². The van der Waals surface area contributed by atoms with Gasteiger partial charge in [0.05, 0.1) is 17.6 Å². The van der Waals surface area contributed by atoms with Crippen molar-refractivity contribution >= 4 is 11.8 Å². The number of amides is 2. The predicted octanol–water partition coefficient (Wildman–Crippen LogP) is 2.16. The van der Waals surface area contributed by atoms with Crippen molar-refractivity contribution in [3.63, 3.8) is 0 Å². The molecule has 0 atom stereocenters. The van der Waals surface area contributed by atoms with Crippen LogP contribution in [-0.2, 0) is 4.79 Å². The summed E-state index contributed by atoms with van der Waals surface area (Å²) >= 11 is 0. The van der Waals surface area contributed by atoms with E-state index in [2.05, 4.69) is 16.0 Å². The molecule has 0 unspecified atom stereocenters. The average molecular weight is 373 g/mol. The number of aryl methyl sites for hydroxylation is 1. The highest BCUT2D eigenvalue weighted by Crippen LogP contribution is 2.35. The van der Waals surface area contributed by atoms with Gasteiger partial charge in [-0.1, -0.05) is 12.5 Å². The molecule has 0 radical (unpaired) electrons. The molecular formula is C21H31N3O3. The van der Waals surface area contributed by atoms with Crippen LogP contribution in [0.1, 0.15) is 54.4 Å². The molecule has 0 saturated carbocycles. The second-order valence-corrected chi connectivity index (χ2v) is 7.70. The molecule has 0 aliphatic carbocycles. The summed E-state index contributed by atoms with van der Waals surface area (Å²) < 4.78 is 5.87. The molecule has 2 amide bonds. The van der Waals surface area contributed by atoms with Gasteiger partial charge in [0, 0.05) is 13.1 Å². The molecule has 6 heteroatoms. The molecule has 3 rings (SSSR count). The summed E-state index contributed by atoms with van der Waals surface area (Å²) in [7, 11) is 0. The first-order valence-electron chi connectivity index (χ1n) is 10.1. The Labute approximate surface area is 161 Å². The SMILES string of the molecule is Cc1ccc2c(c1)OCCCNC(=O)C1(CCCCNC2=O)CCNCC1. The van der Waals surface area contributed by atoms with E-state index in [0.29, 0.717) is 31.0 Å². The van der Waals surface area contributed by atoms with Gasteiger partial charge in [0.15, 0.2) is 0 Å². The number of benzene rings is 1. The van der Waals surface area contributed by atoms with Gasteiger partial charge in [-0.25, -0.2) is 0 Å². The minimum atomic E-state index is -0.267. The Bertz CT molecular complexity index is 669. The van der Waals surface area contributed by atoms with E-state index in [1.54, 1.807) is 0 Å². The lowest BCUT2D eigenvalue weighted by Crippen LogP contribution is -2.48. The van der Waals surface area contributed by atoms with Gasteiger partial charge in [-0.15, -0.1) is 0 Å². The number of nitrogens with one attached hydrogen (secondary N) is 3. The van der Waals surface area contributed by atoms with Crippen LogP contribution in [-0.4, -0.2) is 44.6 Å². The van der Waals surface area contributed by atoms with Crippen LogP contribution in [0.2, 0.25) is 0 Å². The number of hydrogen-bond acceptors (Lipinski definition) is 4. The van der Waals surface area contributed by atoms with E-state index in [0.717, 1.165) is 57.2 Å². The van der Waals surface area contributed by atoms with Crippen LogP contribution in [0.15, 0.2) is 18.2 Å². The third kappa shape index (κ3) is 5.01. The molecule has 2 aliphatic rings. The molecule has 1 saturated heterocycles. The second-order valence-electron chi connectivity index (χ2n) is 7.70. The van der Waals surface area contributed by atoms with Gasteiger partial charge in [-0.05, 0) is 69.8 Å². The number of ether oxygens (including phenoxy) is 1. The van der Waals surface area contributed by atoms with Crippen molar-refractivity contribution in [1.29, 1.82) is 0 Å². The van der Waals surface area contributed by atoms with Gasteiger partial charge >= 0.3 is 0 Å². The molecule has 1 aromatic rings. The maximum absolute atomic E-state index is 12.9. The largest absolute Gasteiger partial charge is 0.493 e. The standard InChI is InChI=1S/C21H31N3O3/c1-16-5-6-17-18(15-16)27-14-4-11-24-20(26)21(8-12-22-13-9-21)7-2-3-10-23-19(17)25/h5-6,15,22H,2-4,7-14H2,1H3,(H,23,25)(H,24,26). The fourth-order valence-corrected chi connectivity index (χ4v) is 3.96. The maximum Gasteiger partial charge on any atom is 0.255 e. The van der Waals surface area contributed by atoms with E-state index in [1.165, 1.54) is 0 Å². The zero-order chi connectivity index (χ0) is 19.1. The normalized spacial score (nSPS) is 21.8. The molecule has 27 heavy (non-hydrogen) atoms. The molecule has 2 heterocycles. The number of carbonyl (C=O) groups is 2. The van der Waals surface area contributed by atoms with Gasteiger partial charge in [-0.3, -0.25) is 9.59 Å². The molecule has 3 N–H and O–H groups in total. The Morgan fingerprint density at radius 2 is 1.70 bits per heavy atom. The van der Waals surface area contributed by atoms with Crippen molar-refractivity contribution < 1.29 is 14.3 Å². The van der Waals surface area contributed by atoms with Crippen molar-refractivity contribution in [3.8, 4) is 5.75 Å². The molecule has 1 spiro atoms. The van der Waals surface area contributed by atoms with Gasteiger partial charge < -0.3 is 20.7 Å². The minimum absolute atomic E-state index is 0.0920. The lowest BCUT2D eigenvalue weighted by Gasteiger charge is -2.36. The summed E-state index contributed by atoms with van der Waals surface area (Å²) in [6.45, 7) is 5.45. The zero-order valence-electron chi connectivity index (χ0n) is 16.2. The molecule has 1 aromatic carbocycles. The number of fused-ring (bicyclic) bond motifs is 1. The summed E-state index contributed by atoms with van der Waals surface area (Å²) in [5.41, 5.74) is 1.37. The topological polar surface area (TPSA) is 79.5 Å². The number of rotatable bonds is 0. The highest BCUT2D eigenvalue weighted by atomic mass is 16.5.